The van der Waals surface area contributed by atoms with Gasteiger partial charge in [0.15, 0.2) is 0 Å². The molecule has 8 nitrogen and oxygen atoms in total. The normalized spacial score (nSPS) is 18.2. The summed E-state index contributed by atoms with van der Waals surface area (Å²) in [5.74, 6) is 0.809. The van der Waals surface area contributed by atoms with Gasteiger partial charge in [0.1, 0.15) is 29.4 Å². The van der Waals surface area contributed by atoms with E-state index < -0.39 is 15.7 Å². The summed E-state index contributed by atoms with van der Waals surface area (Å²) in [4.78, 5) is 14.1. The Labute approximate surface area is 169 Å². The largest absolute Gasteiger partial charge is 0.489 e. The first-order chi connectivity index (χ1) is 14.1. The van der Waals surface area contributed by atoms with E-state index in [-0.39, 0.29) is 22.8 Å². The van der Waals surface area contributed by atoms with Crippen LogP contribution in [0.4, 0.5) is 5.82 Å². The van der Waals surface area contributed by atoms with E-state index in [9.17, 15) is 14.3 Å². The molecule has 1 aromatic heterocycles. The molecule has 0 saturated carbocycles. The Morgan fingerprint density at radius 1 is 1.10 bits per heavy atom. The number of nitro groups is 1. The molecule has 0 aliphatic carbocycles. The smallest absolute Gasteiger partial charge is 0.383 e. The van der Waals surface area contributed by atoms with E-state index in [2.05, 4.69) is 4.98 Å². The van der Waals surface area contributed by atoms with E-state index in [1.54, 1.807) is 4.57 Å². The molecule has 4 rings (SSSR count). The highest BCUT2D eigenvalue weighted by Gasteiger charge is 2.32. The molecule has 9 heteroatoms. The molecule has 0 N–H and O–H groups in total. The molecule has 150 valence electrons. The van der Waals surface area contributed by atoms with E-state index in [0.29, 0.717) is 19.8 Å². The number of para-hydroxylation sites is 1. The minimum absolute atomic E-state index is 0.235. The summed E-state index contributed by atoms with van der Waals surface area (Å²) >= 11 is 0. The van der Waals surface area contributed by atoms with Crippen molar-refractivity contribution in [1.29, 1.82) is 0 Å². The van der Waals surface area contributed by atoms with Gasteiger partial charge in [0.2, 0.25) is 0 Å². The summed E-state index contributed by atoms with van der Waals surface area (Å²) < 4.78 is 25.5. The maximum atomic E-state index is 12.3. The molecule has 0 radical (unpaired) electrons. The molecule has 2 atom stereocenters. The van der Waals surface area contributed by atoms with Gasteiger partial charge in [-0.15, -0.1) is 0 Å². The Hall–Kier alpha value is -3.04. The van der Waals surface area contributed by atoms with Crippen molar-refractivity contribution in [2.24, 2.45) is 0 Å². The Bertz CT molecular complexity index is 1020. The summed E-state index contributed by atoms with van der Waals surface area (Å²) in [6.45, 7) is 1.24. The van der Waals surface area contributed by atoms with Crippen LogP contribution in [-0.4, -0.2) is 30.5 Å². The summed E-state index contributed by atoms with van der Waals surface area (Å²) in [6.07, 6.45) is 1.02. The third kappa shape index (κ3) is 4.69. The lowest BCUT2D eigenvalue weighted by Crippen LogP contribution is -2.32. The van der Waals surface area contributed by atoms with Gasteiger partial charge in [-0.3, -0.25) is 4.57 Å². The number of hydrogen-bond acceptors (Lipinski definition) is 6. The Morgan fingerprint density at radius 2 is 1.79 bits per heavy atom. The van der Waals surface area contributed by atoms with Crippen molar-refractivity contribution in [1.82, 2.24) is 9.55 Å². The van der Waals surface area contributed by atoms with Crippen molar-refractivity contribution in [2.45, 2.75) is 31.0 Å². The number of nitrogens with zero attached hydrogens (tertiary/aromatic N) is 3. The fourth-order valence-electron chi connectivity index (χ4n) is 3.03. The van der Waals surface area contributed by atoms with Gasteiger partial charge in [-0.25, -0.2) is 4.21 Å². The molecular formula is C20H19N3O5S. The van der Waals surface area contributed by atoms with Crippen molar-refractivity contribution in [3.8, 4) is 5.75 Å². The van der Waals surface area contributed by atoms with Crippen LogP contribution in [0.15, 0.2) is 66.0 Å². The quantitative estimate of drug-likeness (QED) is 0.436. The average molecular weight is 413 g/mol. The number of ether oxygens (including phenoxy) is 2. The van der Waals surface area contributed by atoms with Crippen LogP contribution in [0.3, 0.4) is 0 Å². The van der Waals surface area contributed by atoms with Crippen LogP contribution in [-0.2, 0) is 35.3 Å². The SMILES string of the molecule is O=[N+]([O-])c1cn2c(n1)S(=O)CC(OCc1ccc(COc3ccccc3)cc1)C2. The molecule has 2 heterocycles. The van der Waals surface area contributed by atoms with Gasteiger partial charge in [-0.2, -0.15) is 0 Å². The molecule has 2 aromatic carbocycles. The zero-order valence-corrected chi connectivity index (χ0v) is 16.3. The molecular weight excluding hydrogens is 394 g/mol. The fraction of sp³-hybridized carbons (Fsp3) is 0.250. The first-order valence-electron chi connectivity index (χ1n) is 9.05. The standard InChI is InChI=1S/C20H19N3O5S/c24-23(25)19-11-22-10-18(14-29(26)20(22)21-19)28-13-16-8-6-15(7-9-16)12-27-17-4-2-1-3-5-17/h1-9,11,18H,10,12-14H2. The minimum atomic E-state index is -1.42. The lowest BCUT2D eigenvalue weighted by Gasteiger charge is -2.21. The van der Waals surface area contributed by atoms with Crippen LogP contribution < -0.4 is 4.74 Å². The molecule has 0 spiro atoms. The second-order valence-corrected chi connectivity index (χ2v) is 8.04. The number of rotatable bonds is 7. The maximum Gasteiger partial charge on any atom is 0.383 e. The number of benzene rings is 2. The molecule has 0 fully saturated rings. The Balaban J connectivity index is 1.31. The topological polar surface area (TPSA) is 96.5 Å². The first kappa shape index (κ1) is 19.3. The second kappa shape index (κ2) is 8.54. The zero-order chi connectivity index (χ0) is 20.2. The van der Waals surface area contributed by atoms with Crippen LogP contribution in [0.25, 0.3) is 0 Å². The minimum Gasteiger partial charge on any atom is -0.489 e. The molecule has 29 heavy (non-hydrogen) atoms. The van der Waals surface area contributed by atoms with Crippen LogP contribution >= 0.6 is 0 Å². The van der Waals surface area contributed by atoms with E-state index in [1.165, 1.54) is 6.20 Å². The first-order valence-corrected chi connectivity index (χ1v) is 10.4. The third-order valence-corrected chi connectivity index (χ3v) is 5.92. The number of aromatic nitrogens is 2. The summed E-state index contributed by atoms with van der Waals surface area (Å²) in [5.41, 5.74) is 2.04. The van der Waals surface area contributed by atoms with E-state index in [4.69, 9.17) is 9.47 Å². The van der Waals surface area contributed by atoms with E-state index in [0.717, 1.165) is 16.9 Å². The van der Waals surface area contributed by atoms with Crippen molar-refractivity contribution in [3.63, 3.8) is 0 Å². The Kier molecular flexibility index (Phi) is 5.68. The van der Waals surface area contributed by atoms with Crippen LogP contribution in [0.1, 0.15) is 11.1 Å². The monoisotopic (exact) mass is 413 g/mol. The van der Waals surface area contributed by atoms with Crippen LogP contribution in [0.2, 0.25) is 0 Å². The van der Waals surface area contributed by atoms with Crippen LogP contribution in [0.5, 0.6) is 5.75 Å². The fourth-order valence-corrected chi connectivity index (χ4v) is 4.30. The number of imidazole rings is 1. The molecule has 0 bridgehead atoms. The predicted molar refractivity (Wildman–Crippen MR) is 106 cm³/mol. The molecule has 1 aliphatic heterocycles. The lowest BCUT2D eigenvalue weighted by atomic mass is 10.1. The highest BCUT2D eigenvalue weighted by atomic mass is 32.2. The summed E-state index contributed by atoms with van der Waals surface area (Å²) in [5, 5.41) is 11.1. The summed E-state index contributed by atoms with van der Waals surface area (Å²) in [6, 6.07) is 17.5. The van der Waals surface area contributed by atoms with Gasteiger partial charge in [0.05, 0.1) is 25.0 Å². The van der Waals surface area contributed by atoms with E-state index in [1.807, 2.05) is 54.6 Å². The lowest BCUT2D eigenvalue weighted by molar-refractivity contribution is -0.389. The highest BCUT2D eigenvalue weighted by molar-refractivity contribution is 7.84. The third-order valence-electron chi connectivity index (χ3n) is 4.51. The van der Waals surface area contributed by atoms with E-state index >= 15 is 0 Å². The molecule has 2 unspecified atom stereocenters. The highest BCUT2D eigenvalue weighted by Crippen LogP contribution is 2.22. The van der Waals surface area contributed by atoms with Crippen LogP contribution in [0, 0.1) is 10.1 Å². The molecule has 3 aromatic rings. The molecule has 1 aliphatic rings. The van der Waals surface area contributed by atoms with Gasteiger partial charge in [0.25, 0.3) is 0 Å². The number of fused-ring (bicyclic) bond motifs is 1. The van der Waals surface area contributed by atoms with Crippen molar-refractivity contribution in [3.05, 3.63) is 82.0 Å². The summed E-state index contributed by atoms with van der Waals surface area (Å²) in [7, 11) is -1.42. The van der Waals surface area contributed by atoms with Gasteiger partial charge < -0.3 is 19.6 Å². The van der Waals surface area contributed by atoms with Gasteiger partial charge in [-0.05, 0) is 33.2 Å². The van der Waals surface area contributed by atoms with Gasteiger partial charge in [0, 0.05) is 0 Å². The predicted octanol–water partition coefficient (Wildman–Crippen LogP) is 3.08. The van der Waals surface area contributed by atoms with Gasteiger partial charge in [-0.1, -0.05) is 42.5 Å². The van der Waals surface area contributed by atoms with Gasteiger partial charge >= 0.3 is 11.0 Å². The second-order valence-electron chi connectivity index (χ2n) is 6.65. The van der Waals surface area contributed by atoms with Crippen molar-refractivity contribution >= 4 is 16.6 Å². The maximum absolute atomic E-state index is 12.3. The Morgan fingerprint density at radius 3 is 2.48 bits per heavy atom. The molecule has 0 amide bonds. The zero-order valence-electron chi connectivity index (χ0n) is 15.5. The average Bonchev–Trinajstić information content (AvgIpc) is 3.18. The van der Waals surface area contributed by atoms with Crippen molar-refractivity contribution < 1.29 is 18.6 Å². The number of hydrogen-bond donors (Lipinski definition) is 0. The van der Waals surface area contributed by atoms with Crippen molar-refractivity contribution in [2.75, 3.05) is 5.75 Å². The molecule has 0 saturated heterocycles.